The van der Waals surface area contributed by atoms with Crippen molar-refractivity contribution in [1.82, 2.24) is 9.80 Å². The van der Waals surface area contributed by atoms with Crippen molar-refractivity contribution in [3.63, 3.8) is 0 Å². The van der Waals surface area contributed by atoms with Gasteiger partial charge in [-0.1, -0.05) is 23.7 Å². The van der Waals surface area contributed by atoms with Crippen LogP contribution in [0.3, 0.4) is 0 Å². The fraction of sp³-hybridized carbons (Fsp3) is 0.538. The van der Waals surface area contributed by atoms with E-state index in [-0.39, 0.29) is 0 Å². The summed E-state index contributed by atoms with van der Waals surface area (Å²) in [6.45, 7) is 11.5. The fourth-order valence-electron chi connectivity index (χ4n) is 4.74. The summed E-state index contributed by atoms with van der Waals surface area (Å²) in [5.74, 6) is 2.53. The Labute approximate surface area is 207 Å². The first-order chi connectivity index (χ1) is 16.7. The molecule has 184 valence electrons. The second-order valence-electron chi connectivity index (χ2n) is 9.01. The molecule has 2 fully saturated rings. The third-order valence-electron chi connectivity index (χ3n) is 6.62. The first-order valence-electron chi connectivity index (χ1n) is 12.3. The number of rotatable bonds is 8. The van der Waals surface area contributed by atoms with E-state index in [4.69, 9.17) is 30.5 Å². The number of ether oxygens (including phenoxy) is 4. The van der Waals surface area contributed by atoms with E-state index in [1.807, 2.05) is 12.1 Å². The molecule has 3 heterocycles. The smallest absolute Gasteiger partial charge is 0.184 e. The van der Waals surface area contributed by atoms with Crippen molar-refractivity contribution in [2.45, 2.75) is 13.0 Å². The van der Waals surface area contributed by atoms with E-state index in [9.17, 15) is 0 Å². The summed E-state index contributed by atoms with van der Waals surface area (Å²) < 4.78 is 23.0. The zero-order valence-electron chi connectivity index (χ0n) is 19.7. The van der Waals surface area contributed by atoms with Crippen LogP contribution in [-0.4, -0.2) is 88.6 Å². The average molecular weight is 488 g/mol. The maximum atomic E-state index is 6.32. The summed E-state index contributed by atoms with van der Waals surface area (Å²) >= 11 is 6.32. The highest BCUT2D eigenvalue weighted by atomic mass is 35.5. The van der Waals surface area contributed by atoms with Crippen LogP contribution in [0.5, 0.6) is 17.2 Å². The van der Waals surface area contributed by atoms with E-state index in [0.717, 1.165) is 102 Å². The average Bonchev–Trinajstić information content (AvgIpc) is 2.88. The minimum atomic E-state index is 0.571. The molecule has 7 nitrogen and oxygen atoms in total. The Hall–Kier alpha value is -2.19. The van der Waals surface area contributed by atoms with Crippen LogP contribution in [0.25, 0.3) is 0 Å². The molecule has 0 unspecified atom stereocenters. The van der Waals surface area contributed by atoms with E-state index in [0.29, 0.717) is 18.2 Å². The number of piperazine rings is 1. The van der Waals surface area contributed by atoms with Gasteiger partial charge in [-0.3, -0.25) is 9.80 Å². The molecule has 0 saturated carbocycles. The lowest BCUT2D eigenvalue weighted by Gasteiger charge is -2.37. The highest BCUT2D eigenvalue weighted by molar-refractivity contribution is 6.31. The Bertz CT molecular complexity index is 928. The number of benzene rings is 2. The summed E-state index contributed by atoms with van der Waals surface area (Å²) in [6, 6.07) is 12.4. The van der Waals surface area contributed by atoms with Crippen molar-refractivity contribution in [2.75, 3.05) is 83.7 Å². The lowest BCUT2D eigenvalue weighted by molar-refractivity contribution is 0.0342. The summed E-state index contributed by atoms with van der Waals surface area (Å²) in [6.07, 6.45) is 1.01. The Morgan fingerprint density at radius 1 is 0.824 bits per heavy atom. The van der Waals surface area contributed by atoms with Crippen molar-refractivity contribution in [3.8, 4) is 17.2 Å². The van der Waals surface area contributed by atoms with Crippen LogP contribution in [-0.2, 0) is 11.3 Å². The molecule has 0 amide bonds. The molecule has 2 saturated heterocycles. The number of halogens is 1. The molecule has 2 aromatic carbocycles. The van der Waals surface area contributed by atoms with E-state index in [1.165, 1.54) is 5.56 Å². The Balaban J connectivity index is 1.02. The Morgan fingerprint density at radius 2 is 1.59 bits per heavy atom. The summed E-state index contributed by atoms with van der Waals surface area (Å²) in [5, 5.41) is 0.688. The molecule has 0 spiro atoms. The maximum absolute atomic E-state index is 6.32. The van der Waals surface area contributed by atoms with Crippen molar-refractivity contribution in [2.24, 2.45) is 0 Å². The topological polar surface area (TPSA) is 46.6 Å². The second kappa shape index (κ2) is 11.5. The molecule has 8 heteroatoms. The molecule has 0 aromatic heterocycles. The SMILES string of the molecule is Clc1cc2c(c(N3CCN(CCCOc4ccc(CN5CCOCC5)cc4)CC3)c1)OCCO2. The van der Waals surface area contributed by atoms with Gasteiger partial charge >= 0.3 is 0 Å². The molecule has 5 rings (SSSR count). The zero-order valence-corrected chi connectivity index (χ0v) is 20.5. The highest BCUT2D eigenvalue weighted by Gasteiger charge is 2.24. The van der Waals surface area contributed by atoms with Gasteiger partial charge in [0.1, 0.15) is 19.0 Å². The van der Waals surface area contributed by atoms with Gasteiger partial charge in [-0.15, -0.1) is 0 Å². The van der Waals surface area contributed by atoms with E-state index >= 15 is 0 Å². The summed E-state index contributed by atoms with van der Waals surface area (Å²) in [4.78, 5) is 7.28. The Morgan fingerprint density at radius 3 is 2.38 bits per heavy atom. The highest BCUT2D eigenvalue weighted by Crippen LogP contribution is 2.42. The van der Waals surface area contributed by atoms with Crippen molar-refractivity contribution in [3.05, 3.63) is 47.0 Å². The van der Waals surface area contributed by atoms with Gasteiger partial charge in [0.05, 0.1) is 25.5 Å². The number of morpholine rings is 1. The molecule has 0 bridgehead atoms. The number of fused-ring (bicyclic) bond motifs is 1. The van der Waals surface area contributed by atoms with Crippen molar-refractivity contribution >= 4 is 17.3 Å². The van der Waals surface area contributed by atoms with E-state index in [1.54, 1.807) is 0 Å². The Kier molecular flexibility index (Phi) is 7.96. The predicted molar refractivity (Wildman–Crippen MR) is 134 cm³/mol. The number of hydrogen-bond acceptors (Lipinski definition) is 7. The molecule has 34 heavy (non-hydrogen) atoms. The second-order valence-corrected chi connectivity index (χ2v) is 9.45. The van der Waals surface area contributed by atoms with Gasteiger partial charge < -0.3 is 23.8 Å². The lowest BCUT2D eigenvalue weighted by atomic mass is 10.2. The standard InChI is InChI=1S/C26H34ClN3O4/c27-22-18-24(26-25(19-22)33-16-17-34-26)30-9-7-28(8-10-30)6-1-13-32-23-4-2-21(3-5-23)20-29-11-14-31-15-12-29/h2-5,18-19H,1,6-17,20H2. The number of anilines is 1. The monoisotopic (exact) mass is 487 g/mol. The van der Waals surface area contributed by atoms with E-state index < -0.39 is 0 Å². The minimum Gasteiger partial charge on any atom is -0.494 e. The first kappa shape index (κ1) is 23.5. The van der Waals surface area contributed by atoms with Gasteiger partial charge in [0.15, 0.2) is 11.5 Å². The third-order valence-corrected chi connectivity index (χ3v) is 6.84. The maximum Gasteiger partial charge on any atom is 0.184 e. The van der Waals surface area contributed by atoms with Gasteiger partial charge in [0.25, 0.3) is 0 Å². The predicted octanol–water partition coefficient (Wildman–Crippen LogP) is 3.53. The number of hydrogen-bond donors (Lipinski definition) is 0. The first-order valence-corrected chi connectivity index (χ1v) is 12.7. The summed E-state index contributed by atoms with van der Waals surface area (Å²) in [5.41, 5.74) is 2.37. The zero-order chi connectivity index (χ0) is 23.2. The molecule has 2 aromatic rings. The molecule has 3 aliphatic heterocycles. The molecule has 0 N–H and O–H groups in total. The molecule has 0 radical (unpaired) electrons. The van der Waals surface area contributed by atoms with Gasteiger partial charge in [0.2, 0.25) is 0 Å². The minimum absolute atomic E-state index is 0.571. The van der Waals surface area contributed by atoms with Crippen LogP contribution in [0.15, 0.2) is 36.4 Å². The van der Waals surface area contributed by atoms with E-state index in [2.05, 4.69) is 39.0 Å². The van der Waals surface area contributed by atoms with Gasteiger partial charge in [-0.25, -0.2) is 0 Å². The lowest BCUT2D eigenvalue weighted by Crippen LogP contribution is -2.47. The third kappa shape index (κ3) is 6.08. The summed E-state index contributed by atoms with van der Waals surface area (Å²) in [7, 11) is 0. The van der Waals surface area contributed by atoms with Crippen LogP contribution >= 0.6 is 11.6 Å². The van der Waals surface area contributed by atoms with Crippen LogP contribution in [0.1, 0.15) is 12.0 Å². The largest absolute Gasteiger partial charge is 0.494 e. The van der Waals surface area contributed by atoms with Crippen molar-refractivity contribution in [1.29, 1.82) is 0 Å². The molecular formula is C26H34ClN3O4. The van der Waals surface area contributed by atoms with Gasteiger partial charge in [-0.05, 0) is 30.2 Å². The van der Waals surface area contributed by atoms with Crippen molar-refractivity contribution < 1.29 is 18.9 Å². The normalized spacial score (nSPS) is 19.3. The van der Waals surface area contributed by atoms with Crippen LogP contribution < -0.4 is 19.1 Å². The van der Waals surface area contributed by atoms with Gasteiger partial charge in [0, 0.05) is 63.4 Å². The molecular weight excluding hydrogens is 454 g/mol. The molecule has 3 aliphatic rings. The molecule has 0 aliphatic carbocycles. The van der Waals surface area contributed by atoms with Crippen LogP contribution in [0.4, 0.5) is 5.69 Å². The van der Waals surface area contributed by atoms with Crippen LogP contribution in [0.2, 0.25) is 5.02 Å². The number of nitrogens with zero attached hydrogens (tertiary/aromatic N) is 3. The van der Waals surface area contributed by atoms with Crippen LogP contribution in [0, 0.1) is 0 Å². The fourth-order valence-corrected chi connectivity index (χ4v) is 4.94. The van der Waals surface area contributed by atoms with Gasteiger partial charge in [-0.2, -0.15) is 0 Å². The molecule has 0 atom stereocenters. The quantitative estimate of drug-likeness (QED) is 0.528.